The first-order valence-electron chi connectivity index (χ1n) is 11.5. The number of rotatable bonds is 6. The highest BCUT2D eigenvalue weighted by Crippen LogP contribution is 2.18. The van der Waals surface area contributed by atoms with E-state index in [0.717, 1.165) is 18.8 Å². The molecule has 1 N–H and O–H groups in total. The van der Waals surface area contributed by atoms with Gasteiger partial charge in [-0.25, -0.2) is 0 Å². The van der Waals surface area contributed by atoms with Crippen molar-refractivity contribution >= 4 is 5.91 Å². The quantitative estimate of drug-likeness (QED) is 0.737. The predicted octanol–water partition coefficient (Wildman–Crippen LogP) is 2.24. The van der Waals surface area contributed by atoms with Gasteiger partial charge in [0.05, 0.1) is 31.6 Å². The number of nitrogens with zero attached hydrogens (tertiary/aromatic N) is 5. The molecule has 1 aromatic heterocycles. The maximum absolute atomic E-state index is 12.9. The van der Waals surface area contributed by atoms with Crippen LogP contribution in [0.4, 0.5) is 0 Å². The van der Waals surface area contributed by atoms with Gasteiger partial charge in [-0.1, -0.05) is 42.0 Å². The van der Waals surface area contributed by atoms with Gasteiger partial charge in [0.25, 0.3) is 0 Å². The Kier molecular flexibility index (Phi) is 8.78. The standard InChI is InChI=1S/C24H37N5O3/c1-18-7-5-8-21(11-18)13-27(4)15-23-19(2)12-29(20(3)16-30)24(31)9-6-10-28-14-22(17-32-23)25-26-28/h5,7-8,11,14,19-20,23,30H,6,9-10,12-13,15-17H2,1-4H3/t19-,20+,23-/m0/s1. The van der Waals surface area contributed by atoms with E-state index in [1.54, 1.807) is 4.68 Å². The molecule has 8 heteroatoms. The normalized spacial score (nSPS) is 21.7. The summed E-state index contributed by atoms with van der Waals surface area (Å²) in [7, 11) is 2.09. The molecule has 32 heavy (non-hydrogen) atoms. The van der Waals surface area contributed by atoms with Gasteiger partial charge in [-0.3, -0.25) is 14.4 Å². The zero-order valence-electron chi connectivity index (χ0n) is 19.8. The summed E-state index contributed by atoms with van der Waals surface area (Å²) >= 11 is 0. The first-order chi connectivity index (χ1) is 15.4. The molecule has 3 rings (SSSR count). The highest BCUT2D eigenvalue weighted by atomic mass is 16.5. The minimum absolute atomic E-state index is 0.0523. The summed E-state index contributed by atoms with van der Waals surface area (Å²) in [5, 5.41) is 18.1. The van der Waals surface area contributed by atoms with E-state index in [0.29, 0.717) is 32.5 Å². The Morgan fingerprint density at radius 2 is 2.19 bits per heavy atom. The number of aromatic nitrogens is 3. The van der Waals surface area contributed by atoms with Crippen molar-refractivity contribution in [2.75, 3.05) is 26.7 Å². The summed E-state index contributed by atoms with van der Waals surface area (Å²) in [5.41, 5.74) is 3.31. The molecule has 1 aromatic carbocycles. The molecule has 1 amide bonds. The Morgan fingerprint density at radius 1 is 1.38 bits per heavy atom. The minimum Gasteiger partial charge on any atom is -0.394 e. The van der Waals surface area contributed by atoms with Crippen LogP contribution in [0.2, 0.25) is 0 Å². The van der Waals surface area contributed by atoms with E-state index in [2.05, 4.69) is 60.4 Å². The van der Waals surface area contributed by atoms with E-state index < -0.39 is 0 Å². The molecule has 0 unspecified atom stereocenters. The summed E-state index contributed by atoms with van der Waals surface area (Å²) in [6.45, 7) is 9.17. The van der Waals surface area contributed by atoms with Crippen LogP contribution < -0.4 is 0 Å². The van der Waals surface area contributed by atoms with Gasteiger partial charge in [-0.2, -0.15) is 0 Å². The van der Waals surface area contributed by atoms with Gasteiger partial charge >= 0.3 is 0 Å². The fourth-order valence-electron chi connectivity index (χ4n) is 4.19. The third kappa shape index (κ3) is 6.85. The number of likely N-dealkylation sites (N-methyl/N-ethyl adjacent to an activating group) is 1. The molecule has 0 aliphatic carbocycles. The van der Waals surface area contributed by atoms with Gasteiger partial charge in [-0.15, -0.1) is 5.10 Å². The van der Waals surface area contributed by atoms with Crippen molar-refractivity contribution in [3.63, 3.8) is 0 Å². The minimum atomic E-state index is -0.224. The molecule has 0 saturated carbocycles. The Hall–Kier alpha value is -2.29. The molecule has 176 valence electrons. The molecule has 0 spiro atoms. The summed E-state index contributed by atoms with van der Waals surface area (Å²) in [5.74, 6) is 0.147. The molecule has 0 radical (unpaired) electrons. The summed E-state index contributed by atoms with van der Waals surface area (Å²) in [6.07, 6.45) is 2.91. The first kappa shape index (κ1) is 24.4. The van der Waals surface area contributed by atoms with E-state index >= 15 is 0 Å². The molecule has 2 bridgehead atoms. The van der Waals surface area contributed by atoms with Crippen LogP contribution in [-0.4, -0.2) is 74.7 Å². The number of amides is 1. The lowest BCUT2D eigenvalue weighted by Gasteiger charge is -2.35. The molecule has 2 aromatic rings. The lowest BCUT2D eigenvalue weighted by molar-refractivity contribution is -0.136. The number of carbonyl (C=O) groups is 1. The fourth-order valence-corrected chi connectivity index (χ4v) is 4.19. The summed E-state index contributed by atoms with van der Waals surface area (Å²) in [4.78, 5) is 17.0. The van der Waals surface area contributed by atoms with Crippen LogP contribution in [0.1, 0.15) is 43.5 Å². The van der Waals surface area contributed by atoms with Crippen molar-refractivity contribution in [1.29, 1.82) is 0 Å². The number of aliphatic hydroxyl groups is 1. The van der Waals surface area contributed by atoms with Crippen molar-refractivity contribution in [3.8, 4) is 0 Å². The second-order valence-electron chi connectivity index (χ2n) is 9.17. The largest absolute Gasteiger partial charge is 0.394 e. The Balaban J connectivity index is 1.76. The number of hydrogen-bond acceptors (Lipinski definition) is 6. The highest BCUT2D eigenvalue weighted by Gasteiger charge is 2.28. The van der Waals surface area contributed by atoms with Crippen LogP contribution in [-0.2, 0) is 29.2 Å². The van der Waals surface area contributed by atoms with Crippen LogP contribution >= 0.6 is 0 Å². The number of carbonyl (C=O) groups excluding carboxylic acids is 1. The van der Waals surface area contributed by atoms with Crippen LogP contribution in [0.3, 0.4) is 0 Å². The van der Waals surface area contributed by atoms with Gasteiger partial charge in [0.15, 0.2) is 0 Å². The van der Waals surface area contributed by atoms with E-state index in [1.807, 2.05) is 18.0 Å². The smallest absolute Gasteiger partial charge is 0.222 e. The molecule has 0 saturated heterocycles. The van der Waals surface area contributed by atoms with Crippen molar-refractivity contribution in [1.82, 2.24) is 24.8 Å². The third-order valence-corrected chi connectivity index (χ3v) is 6.07. The van der Waals surface area contributed by atoms with Crippen LogP contribution in [0, 0.1) is 12.8 Å². The zero-order valence-corrected chi connectivity index (χ0v) is 19.8. The molecular weight excluding hydrogens is 406 g/mol. The van der Waals surface area contributed by atoms with Crippen molar-refractivity contribution in [2.24, 2.45) is 5.92 Å². The zero-order chi connectivity index (χ0) is 23.1. The van der Waals surface area contributed by atoms with Crippen molar-refractivity contribution < 1.29 is 14.6 Å². The number of hydrogen-bond donors (Lipinski definition) is 1. The number of ether oxygens (including phenoxy) is 1. The maximum Gasteiger partial charge on any atom is 0.222 e. The monoisotopic (exact) mass is 443 g/mol. The Bertz CT molecular complexity index is 871. The summed E-state index contributed by atoms with van der Waals surface area (Å²) < 4.78 is 8.11. The number of benzene rings is 1. The maximum atomic E-state index is 12.9. The molecule has 0 fully saturated rings. The Labute approximate surface area is 191 Å². The van der Waals surface area contributed by atoms with Gasteiger partial charge in [0, 0.05) is 38.5 Å². The van der Waals surface area contributed by atoms with E-state index in [4.69, 9.17) is 4.74 Å². The lowest BCUT2D eigenvalue weighted by Crippen LogP contribution is -2.47. The highest BCUT2D eigenvalue weighted by molar-refractivity contribution is 5.76. The molecule has 8 nitrogen and oxygen atoms in total. The van der Waals surface area contributed by atoms with Gasteiger partial charge < -0.3 is 14.7 Å². The van der Waals surface area contributed by atoms with Crippen LogP contribution in [0.5, 0.6) is 0 Å². The molecule has 2 heterocycles. The number of fused-ring (bicyclic) bond motifs is 2. The second-order valence-corrected chi connectivity index (χ2v) is 9.17. The number of aliphatic hydroxyl groups excluding tert-OH is 1. The average molecular weight is 444 g/mol. The van der Waals surface area contributed by atoms with Crippen molar-refractivity contribution in [2.45, 2.75) is 65.5 Å². The van der Waals surface area contributed by atoms with E-state index in [9.17, 15) is 9.90 Å². The van der Waals surface area contributed by atoms with Crippen LogP contribution in [0.25, 0.3) is 0 Å². The molecule has 1 aliphatic heterocycles. The Morgan fingerprint density at radius 3 is 2.94 bits per heavy atom. The molecule has 1 aliphatic rings. The second kappa shape index (κ2) is 11.5. The van der Waals surface area contributed by atoms with Gasteiger partial charge in [-0.05, 0) is 32.9 Å². The predicted molar refractivity (Wildman–Crippen MR) is 123 cm³/mol. The van der Waals surface area contributed by atoms with Crippen molar-refractivity contribution in [3.05, 3.63) is 47.3 Å². The fraction of sp³-hybridized carbons (Fsp3) is 0.625. The topological polar surface area (TPSA) is 83.7 Å². The lowest BCUT2D eigenvalue weighted by atomic mass is 10.0. The molecule has 3 atom stereocenters. The van der Waals surface area contributed by atoms with Gasteiger partial charge in [0.2, 0.25) is 5.91 Å². The summed E-state index contributed by atoms with van der Waals surface area (Å²) in [6, 6.07) is 8.30. The SMILES string of the molecule is Cc1cccc(CN(C)C[C@@H]2OCc3cn(nn3)CCCC(=O)N([C@H](C)CO)C[C@@H]2C)c1. The third-order valence-electron chi connectivity index (χ3n) is 6.07. The average Bonchev–Trinajstić information content (AvgIpc) is 3.21. The number of aryl methyl sites for hydroxylation is 2. The molecular formula is C24H37N5O3. The first-order valence-corrected chi connectivity index (χ1v) is 11.5. The van der Waals surface area contributed by atoms with Crippen LogP contribution in [0.15, 0.2) is 30.5 Å². The van der Waals surface area contributed by atoms with Gasteiger partial charge in [0.1, 0.15) is 5.69 Å². The van der Waals surface area contributed by atoms with E-state index in [-0.39, 0.29) is 30.6 Å². The van der Waals surface area contributed by atoms with E-state index in [1.165, 1.54) is 11.1 Å².